The second-order valence-corrected chi connectivity index (χ2v) is 7.07. The molecule has 0 radical (unpaired) electrons. The Morgan fingerprint density at radius 2 is 1.90 bits per heavy atom. The molecular formula is C14H20N2O4S. The summed E-state index contributed by atoms with van der Waals surface area (Å²) in [4.78, 5) is 13.8. The van der Waals surface area contributed by atoms with E-state index in [9.17, 15) is 13.2 Å². The summed E-state index contributed by atoms with van der Waals surface area (Å²) < 4.78 is 31.7. The number of benzene rings is 1. The molecule has 21 heavy (non-hydrogen) atoms. The predicted molar refractivity (Wildman–Crippen MR) is 78.6 cm³/mol. The van der Waals surface area contributed by atoms with Gasteiger partial charge >= 0.3 is 0 Å². The van der Waals surface area contributed by atoms with Crippen LogP contribution in [0, 0.1) is 0 Å². The van der Waals surface area contributed by atoms with Crippen LogP contribution in [0.2, 0.25) is 0 Å². The molecule has 1 fully saturated rings. The van der Waals surface area contributed by atoms with Crippen LogP contribution in [0.3, 0.4) is 0 Å². The molecule has 116 valence electrons. The minimum Gasteiger partial charge on any atom is -0.497 e. The van der Waals surface area contributed by atoms with E-state index < -0.39 is 16.1 Å². The fourth-order valence-electron chi connectivity index (χ4n) is 2.46. The maximum Gasteiger partial charge on any atom is 0.243 e. The third-order valence-electron chi connectivity index (χ3n) is 3.60. The number of ether oxygens (including phenoxy) is 1. The van der Waals surface area contributed by atoms with E-state index in [-0.39, 0.29) is 10.8 Å². The van der Waals surface area contributed by atoms with Crippen molar-refractivity contribution in [3.05, 3.63) is 24.3 Å². The average molecular weight is 312 g/mol. The molecule has 1 aromatic carbocycles. The van der Waals surface area contributed by atoms with Gasteiger partial charge in [0.05, 0.1) is 12.0 Å². The number of methoxy groups -OCH3 is 1. The Balaban J connectivity index is 2.31. The number of sulfonamides is 1. The topological polar surface area (TPSA) is 66.9 Å². The third-order valence-corrected chi connectivity index (χ3v) is 5.52. The lowest BCUT2D eigenvalue weighted by Gasteiger charge is -2.25. The van der Waals surface area contributed by atoms with Crippen LogP contribution in [0.5, 0.6) is 5.75 Å². The van der Waals surface area contributed by atoms with E-state index in [4.69, 9.17) is 4.74 Å². The van der Waals surface area contributed by atoms with Gasteiger partial charge in [-0.2, -0.15) is 4.31 Å². The quantitative estimate of drug-likeness (QED) is 0.830. The Bertz CT molecular complexity index is 610. The Morgan fingerprint density at radius 3 is 2.43 bits per heavy atom. The molecule has 1 aliphatic rings. The normalized spacial score (nSPS) is 19.5. The first-order valence-corrected chi connectivity index (χ1v) is 8.19. The molecular weight excluding hydrogens is 292 g/mol. The number of amides is 1. The van der Waals surface area contributed by atoms with Crippen molar-refractivity contribution in [2.45, 2.75) is 23.8 Å². The Hall–Kier alpha value is -1.60. The second-order valence-electron chi connectivity index (χ2n) is 5.18. The molecule has 0 aromatic heterocycles. The summed E-state index contributed by atoms with van der Waals surface area (Å²) in [7, 11) is 1.14. The summed E-state index contributed by atoms with van der Waals surface area (Å²) in [6.45, 7) is 0.374. The molecule has 1 atom stereocenters. The number of hydrogen-bond donors (Lipinski definition) is 0. The molecule has 0 spiro atoms. The van der Waals surface area contributed by atoms with Gasteiger partial charge < -0.3 is 9.64 Å². The lowest BCUT2D eigenvalue weighted by molar-refractivity contribution is -0.132. The molecule has 2 rings (SSSR count). The molecule has 1 heterocycles. The highest BCUT2D eigenvalue weighted by Gasteiger charge is 2.39. The summed E-state index contributed by atoms with van der Waals surface area (Å²) in [5.41, 5.74) is 0. The maximum atomic E-state index is 12.7. The Morgan fingerprint density at radius 1 is 1.29 bits per heavy atom. The van der Waals surface area contributed by atoms with Gasteiger partial charge in [0.2, 0.25) is 15.9 Å². The molecule has 1 amide bonds. The van der Waals surface area contributed by atoms with E-state index in [2.05, 4.69) is 0 Å². The van der Waals surface area contributed by atoms with Gasteiger partial charge in [-0.1, -0.05) is 0 Å². The van der Waals surface area contributed by atoms with Crippen molar-refractivity contribution in [1.29, 1.82) is 0 Å². The molecule has 1 aromatic rings. The summed E-state index contributed by atoms with van der Waals surface area (Å²) in [6.07, 6.45) is 1.26. The molecule has 0 aliphatic carbocycles. The van der Waals surface area contributed by atoms with E-state index in [1.54, 1.807) is 26.2 Å². The van der Waals surface area contributed by atoms with Crippen molar-refractivity contribution in [3.8, 4) is 5.75 Å². The van der Waals surface area contributed by atoms with Crippen LogP contribution in [0.1, 0.15) is 12.8 Å². The van der Waals surface area contributed by atoms with Crippen molar-refractivity contribution in [1.82, 2.24) is 9.21 Å². The van der Waals surface area contributed by atoms with Gasteiger partial charge in [-0.25, -0.2) is 8.42 Å². The largest absolute Gasteiger partial charge is 0.497 e. The molecule has 0 bridgehead atoms. The van der Waals surface area contributed by atoms with Crippen LogP contribution in [-0.4, -0.2) is 57.3 Å². The van der Waals surface area contributed by atoms with Crippen LogP contribution in [-0.2, 0) is 14.8 Å². The van der Waals surface area contributed by atoms with E-state index in [0.717, 1.165) is 0 Å². The van der Waals surface area contributed by atoms with Gasteiger partial charge in [0, 0.05) is 20.6 Å². The molecule has 7 heteroatoms. The highest BCUT2D eigenvalue weighted by atomic mass is 32.2. The average Bonchev–Trinajstić information content (AvgIpc) is 2.96. The number of nitrogens with zero attached hydrogens (tertiary/aromatic N) is 2. The van der Waals surface area contributed by atoms with Crippen LogP contribution in [0.15, 0.2) is 29.2 Å². The molecule has 0 unspecified atom stereocenters. The van der Waals surface area contributed by atoms with Gasteiger partial charge in [0.25, 0.3) is 0 Å². The van der Waals surface area contributed by atoms with Crippen LogP contribution in [0.25, 0.3) is 0 Å². The minimum absolute atomic E-state index is 0.176. The second kappa shape index (κ2) is 6.03. The van der Waals surface area contributed by atoms with Gasteiger partial charge in [-0.15, -0.1) is 0 Å². The number of rotatable bonds is 4. The van der Waals surface area contributed by atoms with Gasteiger partial charge in [-0.3, -0.25) is 4.79 Å². The zero-order chi connectivity index (χ0) is 15.6. The van der Waals surface area contributed by atoms with E-state index in [0.29, 0.717) is 25.1 Å². The summed E-state index contributed by atoms with van der Waals surface area (Å²) >= 11 is 0. The van der Waals surface area contributed by atoms with E-state index in [1.165, 1.54) is 28.4 Å². The van der Waals surface area contributed by atoms with Crippen molar-refractivity contribution < 1.29 is 17.9 Å². The van der Waals surface area contributed by atoms with Gasteiger partial charge in [0.15, 0.2) is 0 Å². The number of likely N-dealkylation sites (N-methyl/N-ethyl adjacent to an activating group) is 1. The SMILES string of the molecule is COc1ccc(S(=O)(=O)N2CCC[C@@H]2C(=O)N(C)C)cc1. The zero-order valence-corrected chi connectivity index (χ0v) is 13.3. The fourth-order valence-corrected chi connectivity index (χ4v) is 4.11. The van der Waals surface area contributed by atoms with Crippen LogP contribution < -0.4 is 4.74 Å². The fraction of sp³-hybridized carbons (Fsp3) is 0.500. The summed E-state index contributed by atoms with van der Waals surface area (Å²) in [5, 5.41) is 0. The molecule has 1 saturated heterocycles. The molecule has 0 N–H and O–H groups in total. The summed E-state index contributed by atoms with van der Waals surface area (Å²) in [6, 6.07) is 5.61. The Labute approximate surface area is 125 Å². The van der Waals surface area contributed by atoms with E-state index >= 15 is 0 Å². The highest BCUT2D eigenvalue weighted by molar-refractivity contribution is 7.89. The number of hydrogen-bond acceptors (Lipinski definition) is 4. The zero-order valence-electron chi connectivity index (χ0n) is 12.4. The monoisotopic (exact) mass is 312 g/mol. The maximum absolute atomic E-state index is 12.7. The smallest absolute Gasteiger partial charge is 0.243 e. The van der Waals surface area contributed by atoms with Crippen molar-refractivity contribution >= 4 is 15.9 Å². The van der Waals surface area contributed by atoms with Crippen LogP contribution >= 0.6 is 0 Å². The van der Waals surface area contributed by atoms with Crippen molar-refractivity contribution in [3.63, 3.8) is 0 Å². The van der Waals surface area contributed by atoms with E-state index in [1.807, 2.05) is 0 Å². The minimum atomic E-state index is -3.66. The molecule has 1 aliphatic heterocycles. The summed E-state index contributed by atoms with van der Waals surface area (Å²) in [5.74, 6) is 0.417. The molecule has 0 saturated carbocycles. The first-order valence-electron chi connectivity index (χ1n) is 6.75. The number of carbonyl (C=O) groups is 1. The predicted octanol–water partition coefficient (Wildman–Crippen LogP) is 0.936. The van der Waals surface area contributed by atoms with Crippen LogP contribution in [0.4, 0.5) is 0 Å². The lowest BCUT2D eigenvalue weighted by atomic mass is 10.2. The first kappa shape index (κ1) is 15.8. The standard InChI is InChI=1S/C14H20N2O4S/c1-15(2)14(17)13-5-4-10-16(13)21(18,19)12-8-6-11(20-3)7-9-12/h6-9,13H,4-5,10H2,1-3H3/t13-/m1/s1. The van der Waals surface area contributed by atoms with Gasteiger partial charge in [0.1, 0.15) is 11.8 Å². The lowest BCUT2D eigenvalue weighted by Crippen LogP contribution is -2.45. The first-order chi connectivity index (χ1) is 9.87. The highest BCUT2D eigenvalue weighted by Crippen LogP contribution is 2.27. The van der Waals surface area contributed by atoms with Crippen molar-refractivity contribution in [2.24, 2.45) is 0 Å². The van der Waals surface area contributed by atoms with Gasteiger partial charge in [-0.05, 0) is 37.1 Å². The van der Waals surface area contributed by atoms with Crippen molar-refractivity contribution in [2.75, 3.05) is 27.7 Å². The Kier molecular flexibility index (Phi) is 4.53. The molecule has 6 nitrogen and oxygen atoms in total. The third kappa shape index (κ3) is 3.03. The number of carbonyl (C=O) groups excluding carboxylic acids is 1.